The third kappa shape index (κ3) is 9.87. The van der Waals surface area contributed by atoms with Crippen LogP contribution in [0.15, 0.2) is 12.1 Å². The second kappa shape index (κ2) is 14.7. The molecule has 0 aromatic carbocycles. The first-order chi connectivity index (χ1) is 14.9. The second-order valence-electron chi connectivity index (χ2n) is 5.86. The highest BCUT2D eigenvalue weighted by Crippen LogP contribution is 2.06. The summed E-state index contributed by atoms with van der Waals surface area (Å²) in [6.45, 7) is 2.58. The first-order valence-electron chi connectivity index (χ1n) is 9.07. The molecule has 0 bridgehead atoms. The van der Waals surface area contributed by atoms with Crippen LogP contribution in [0.25, 0.3) is 0 Å². The highest BCUT2D eigenvalue weighted by molar-refractivity contribution is 5.85. The summed E-state index contributed by atoms with van der Waals surface area (Å²) in [5.41, 5.74) is 1.36. The van der Waals surface area contributed by atoms with Crippen LogP contribution in [0.2, 0.25) is 0 Å². The molecule has 12 nitrogen and oxygen atoms in total. The molecule has 0 unspecified atom stereocenters. The van der Waals surface area contributed by atoms with E-state index >= 15 is 0 Å². The number of nitrogens with zero attached hydrogens (tertiary/aromatic N) is 3. The molecule has 0 radical (unpaired) electrons. The van der Waals surface area contributed by atoms with E-state index in [1.165, 1.54) is 26.4 Å². The molecule has 0 aliphatic heterocycles. The lowest BCUT2D eigenvalue weighted by atomic mass is 10.3. The summed E-state index contributed by atoms with van der Waals surface area (Å²) >= 11 is 0. The van der Waals surface area contributed by atoms with Gasteiger partial charge in [0.15, 0.2) is 5.69 Å². The average Bonchev–Trinajstić information content (AvgIpc) is 3.36. The molecule has 2 heterocycles. The van der Waals surface area contributed by atoms with E-state index in [4.69, 9.17) is 35.6 Å². The summed E-state index contributed by atoms with van der Waals surface area (Å²) in [6.07, 6.45) is 5.03. The first-order valence-corrected chi connectivity index (χ1v) is 9.07. The number of terminal acetylenes is 1. The predicted octanol–water partition coefficient (Wildman–Crippen LogP) is 0.648. The minimum absolute atomic E-state index is 0.00518. The fraction of sp³-hybridized carbons (Fsp3) is 0.474. The number of hydrogen-bond acceptors (Lipinski definition) is 8. The maximum absolute atomic E-state index is 10.9. The van der Waals surface area contributed by atoms with Crippen molar-refractivity contribution in [1.82, 2.24) is 20.0 Å². The van der Waals surface area contributed by atoms with Crippen molar-refractivity contribution < 1.29 is 38.7 Å². The molecule has 31 heavy (non-hydrogen) atoms. The number of carboxylic acids is 2. The molecule has 0 amide bonds. The Morgan fingerprint density at radius 1 is 1.10 bits per heavy atom. The van der Waals surface area contributed by atoms with Gasteiger partial charge in [0.2, 0.25) is 0 Å². The van der Waals surface area contributed by atoms with Crippen LogP contribution in [0.1, 0.15) is 32.4 Å². The van der Waals surface area contributed by atoms with Gasteiger partial charge in [-0.15, -0.1) is 6.42 Å². The van der Waals surface area contributed by atoms with Gasteiger partial charge < -0.3 is 29.2 Å². The van der Waals surface area contributed by atoms with Crippen molar-refractivity contribution >= 4 is 11.9 Å². The largest absolute Gasteiger partial charge is 0.477 e. The zero-order chi connectivity index (χ0) is 23.1. The van der Waals surface area contributed by atoms with Crippen LogP contribution >= 0.6 is 0 Å². The summed E-state index contributed by atoms with van der Waals surface area (Å²) in [6, 6.07) is 2.92. The van der Waals surface area contributed by atoms with Crippen molar-refractivity contribution in [3.63, 3.8) is 0 Å². The number of aromatic amines is 1. The molecular formula is C19H26N4O8. The maximum Gasteiger partial charge on any atom is 0.356 e. The third-order valence-corrected chi connectivity index (χ3v) is 3.53. The van der Waals surface area contributed by atoms with Gasteiger partial charge in [-0.1, -0.05) is 5.92 Å². The van der Waals surface area contributed by atoms with Gasteiger partial charge in [-0.25, -0.2) is 9.59 Å². The number of H-pyrrole nitrogens is 1. The molecular weight excluding hydrogens is 412 g/mol. The van der Waals surface area contributed by atoms with Gasteiger partial charge in [0.25, 0.3) is 0 Å². The van der Waals surface area contributed by atoms with Crippen LogP contribution in [-0.2, 0) is 38.7 Å². The van der Waals surface area contributed by atoms with Crippen LogP contribution < -0.4 is 0 Å². The molecule has 0 spiro atoms. The Morgan fingerprint density at radius 2 is 1.81 bits per heavy atom. The molecule has 0 aliphatic carbocycles. The summed E-state index contributed by atoms with van der Waals surface area (Å²) in [7, 11) is 3.06. The van der Waals surface area contributed by atoms with Gasteiger partial charge in [-0.2, -0.15) is 10.2 Å². The minimum atomic E-state index is -1.07. The number of carboxylic acid groups (broad SMARTS) is 2. The first kappa shape index (κ1) is 25.8. The molecule has 0 saturated heterocycles. The lowest BCUT2D eigenvalue weighted by Gasteiger charge is -2.07. The number of ether oxygens (including phenoxy) is 4. The monoisotopic (exact) mass is 438 g/mol. The summed E-state index contributed by atoms with van der Waals surface area (Å²) in [4.78, 5) is 21.2. The Balaban J connectivity index is 0.000000367. The van der Waals surface area contributed by atoms with Crippen molar-refractivity contribution in [2.75, 3.05) is 40.6 Å². The van der Waals surface area contributed by atoms with E-state index in [1.54, 1.807) is 4.68 Å². The van der Waals surface area contributed by atoms with Gasteiger partial charge in [-0.05, 0) is 12.1 Å². The number of hydrogen-bond donors (Lipinski definition) is 3. The number of aromatic nitrogens is 4. The van der Waals surface area contributed by atoms with Gasteiger partial charge in [-0.3, -0.25) is 9.78 Å². The predicted molar refractivity (Wildman–Crippen MR) is 107 cm³/mol. The Labute approximate surface area is 179 Å². The topological polar surface area (TPSA) is 158 Å². The number of aromatic carboxylic acids is 2. The van der Waals surface area contributed by atoms with Crippen molar-refractivity contribution in [3.05, 3.63) is 34.9 Å². The van der Waals surface area contributed by atoms with Crippen molar-refractivity contribution in [3.8, 4) is 12.3 Å². The van der Waals surface area contributed by atoms with E-state index in [0.717, 1.165) is 0 Å². The summed E-state index contributed by atoms with van der Waals surface area (Å²) in [5, 5.41) is 27.4. The second-order valence-corrected chi connectivity index (χ2v) is 5.86. The Morgan fingerprint density at radius 3 is 2.39 bits per heavy atom. The van der Waals surface area contributed by atoms with Gasteiger partial charge >= 0.3 is 11.9 Å². The van der Waals surface area contributed by atoms with E-state index in [-0.39, 0.29) is 18.0 Å². The Hall–Kier alpha value is -3.24. The molecule has 0 atom stereocenters. The molecule has 2 rings (SSSR count). The molecule has 0 saturated carbocycles. The molecule has 3 N–H and O–H groups in total. The normalized spacial score (nSPS) is 10.2. The Kier molecular flexibility index (Phi) is 12.2. The maximum atomic E-state index is 10.9. The van der Waals surface area contributed by atoms with E-state index in [9.17, 15) is 9.59 Å². The minimum Gasteiger partial charge on any atom is -0.477 e. The van der Waals surface area contributed by atoms with Gasteiger partial charge in [0, 0.05) is 14.2 Å². The van der Waals surface area contributed by atoms with Gasteiger partial charge in [0.1, 0.15) is 12.3 Å². The third-order valence-electron chi connectivity index (χ3n) is 3.53. The van der Waals surface area contributed by atoms with E-state index in [1.807, 2.05) is 0 Å². The fourth-order valence-electron chi connectivity index (χ4n) is 2.21. The van der Waals surface area contributed by atoms with Crippen LogP contribution in [0.4, 0.5) is 0 Å². The highest BCUT2D eigenvalue weighted by atomic mass is 16.5. The SMILES string of the molecule is C#CCOCCOCCn1nc(C(=O)O)cc1COC.COCc1cc(C(=O)O)[nH]n1. The Bertz CT molecular complexity index is 855. The molecule has 170 valence electrons. The lowest BCUT2D eigenvalue weighted by molar-refractivity contribution is 0.0545. The quantitative estimate of drug-likeness (QED) is 0.299. The fourth-order valence-corrected chi connectivity index (χ4v) is 2.21. The molecule has 0 aliphatic rings. The van der Waals surface area contributed by atoms with Gasteiger partial charge in [0.05, 0.1) is 51.0 Å². The van der Waals surface area contributed by atoms with Crippen LogP contribution in [0.3, 0.4) is 0 Å². The number of methoxy groups -OCH3 is 2. The summed E-state index contributed by atoms with van der Waals surface area (Å²) < 4.78 is 21.7. The van der Waals surface area contributed by atoms with Crippen LogP contribution in [0.5, 0.6) is 0 Å². The van der Waals surface area contributed by atoms with E-state index in [2.05, 4.69) is 21.2 Å². The molecule has 2 aromatic rings. The van der Waals surface area contributed by atoms with Crippen molar-refractivity contribution in [1.29, 1.82) is 0 Å². The number of carbonyl (C=O) groups is 2. The number of rotatable bonds is 13. The molecule has 2 aromatic heterocycles. The summed E-state index contributed by atoms with van der Waals surface area (Å²) in [5.74, 6) is 0.279. The van der Waals surface area contributed by atoms with Crippen molar-refractivity contribution in [2.24, 2.45) is 0 Å². The molecule has 0 fully saturated rings. The highest BCUT2D eigenvalue weighted by Gasteiger charge is 2.12. The standard InChI is InChI=1S/C13H18N2O5.C6H8N2O3/c1-3-5-19-7-8-20-6-4-15-11(10-18-2)9-12(14-15)13(16)17;1-11-3-4-2-5(6(9)10)8-7-4/h1,9H,4-8,10H2,2H3,(H,16,17);2H,3H2,1H3,(H,7,8)(H,9,10). The lowest BCUT2D eigenvalue weighted by Crippen LogP contribution is -2.13. The zero-order valence-electron chi connectivity index (χ0n) is 17.4. The van der Waals surface area contributed by atoms with Crippen molar-refractivity contribution in [2.45, 2.75) is 19.8 Å². The van der Waals surface area contributed by atoms with Crippen LogP contribution in [0, 0.1) is 12.3 Å². The zero-order valence-corrected chi connectivity index (χ0v) is 17.4. The number of nitrogens with one attached hydrogen (secondary N) is 1. The van der Waals surface area contributed by atoms with E-state index < -0.39 is 11.9 Å². The smallest absolute Gasteiger partial charge is 0.356 e. The molecule has 12 heteroatoms. The van der Waals surface area contributed by atoms with E-state index in [0.29, 0.717) is 51.0 Å². The average molecular weight is 438 g/mol. The van der Waals surface area contributed by atoms with Crippen LogP contribution in [-0.4, -0.2) is 82.8 Å².